The molecule has 3 heteroatoms. The standard InChI is InChI=1S/C14H22O2Si/c1-11(15)12-7-9-13(10-8-12)17(5,6)16-14(2,3)4/h7-10H,1-6H3. The van der Waals surface area contributed by atoms with Gasteiger partial charge < -0.3 is 4.43 Å². The quantitative estimate of drug-likeness (QED) is 0.608. The highest BCUT2D eigenvalue weighted by Crippen LogP contribution is 2.17. The minimum atomic E-state index is -1.88. The van der Waals surface area contributed by atoms with Crippen LogP contribution in [0.1, 0.15) is 38.1 Å². The first-order valence-corrected chi connectivity index (χ1v) is 8.84. The van der Waals surface area contributed by atoms with Gasteiger partial charge in [-0.1, -0.05) is 24.3 Å². The molecule has 2 nitrogen and oxygen atoms in total. The van der Waals surface area contributed by atoms with Crippen LogP contribution in [0.3, 0.4) is 0 Å². The van der Waals surface area contributed by atoms with E-state index in [9.17, 15) is 4.79 Å². The van der Waals surface area contributed by atoms with Crippen LogP contribution >= 0.6 is 0 Å². The highest BCUT2D eigenvalue weighted by Gasteiger charge is 2.30. The lowest BCUT2D eigenvalue weighted by molar-refractivity contribution is 0.101. The summed E-state index contributed by atoms with van der Waals surface area (Å²) in [6.45, 7) is 12.2. The fourth-order valence-corrected chi connectivity index (χ4v) is 4.55. The van der Waals surface area contributed by atoms with E-state index in [4.69, 9.17) is 4.43 Å². The van der Waals surface area contributed by atoms with E-state index in [1.165, 1.54) is 5.19 Å². The van der Waals surface area contributed by atoms with Crippen molar-refractivity contribution in [2.45, 2.75) is 46.4 Å². The predicted molar refractivity (Wildman–Crippen MR) is 74.4 cm³/mol. The van der Waals surface area contributed by atoms with Gasteiger partial charge in [0.1, 0.15) is 0 Å². The second-order valence-corrected chi connectivity index (χ2v) is 9.66. The smallest absolute Gasteiger partial charge is 0.218 e. The highest BCUT2D eigenvalue weighted by molar-refractivity contribution is 6.84. The number of Topliss-reactive ketones (excluding diaryl/α,β-unsaturated/α-hetero) is 1. The molecule has 0 saturated carbocycles. The van der Waals surface area contributed by atoms with Crippen LogP contribution in [-0.4, -0.2) is 19.7 Å². The molecule has 0 saturated heterocycles. The van der Waals surface area contributed by atoms with Crippen molar-refractivity contribution in [3.05, 3.63) is 29.8 Å². The van der Waals surface area contributed by atoms with Gasteiger partial charge in [-0.3, -0.25) is 4.79 Å². The monoisotopic (exact) mass is 250 g/mol. The topological polar surface area (TPSA) is 26.3 Å². The zero-order valence-electron chi connectivity index (χ0n) is 11.6. The Balaban J connectivity index is 2.96. The number of benzene rings is 1. The van der Waals surface area contributed by atoms with Gasteiger partial charge in [-0.2, -0.15) is 0 Å². The van der Waals surface area contributed by atoms with Gasteiger partial charge in [-0.05, 0) is 46.0 Å². The van der Waals surface area contributed by atoms with Crippen LogP contribution in [-0.2, 0) is 4.43 Å². The number of carbonyl (C=O) groups excluding carboxylic acids is 1. The van der Waals surface area contributed by atoms with Gasteiger partial charge in [0.15, 0.2) is 5.78 Å². The number of carbonyl (C=O) groups is 1. The van der Waals surface area contributed by atoms with E-state index < -0.39 is 8.32 Å². The van der Waals surface area contributed by atoms with E-state index in [1.54, 1.807) is 6.92 Å². The summed E-state index contributed by atoms with van der Waals surface area (Å²) in [5.74, 6) is 0.104. The van der Waals surface area contributed by atoms with Crippen molar-refractivity contribution < 1.29 is 9.22 Å². The van der Waals surface area contributed by atoms with Crippen molar-refractivity contribution in [3.63, 3.8) is 0 Å². The van der Waals surface area contributed by atoms with Gasteiger partial charge in [0.25, 0.3) is 0 Å². The van der Waals surface area contributed by atoms with E-state index in [-0.39, 0.29) is 11.4 Å². The van der Waals surface area contributed by atoms with Crippen LogP contribution in [0, 0.1) is 0 Å². The fraction of sp³-hybridized carbons (Fsp3) is 0.500. The molecule has 0 bridgehead atoms. The van der Waals surface area contributed by atoms with Crippen molar-refractivity contribution in [1.29, 1.82) is 0 Å². The molecule has 1 rings (SSSR count). The van der Waals surface area contributed by atoms with Crippen LogP contribution in [0.25, 0.3) is 0 Å². The summed E-state index contributed by atoms with van der Waals surface area (Å²) < 4.78 is 6.17. The molecule has 0 unspecified atom stereocenters. The Morgan fingerprint density at radius 2 is 1.59 bits per heavy atom. The highest BCUT2D eigenvalue weighted by atomic mass is 28.4. The molecule has 94 valence electrons. The molecule has 0 aliphatic heterocycles. The summed E-state index contributed by atoms with van der Waals surface area (Å²) in [6.07, 6.45) is 0. The molecule has 0 aromatic heterocycles. The molecule has 0 heterocycles. The summed E-state index contributed by atoms with van der Waals surface area (Å²) in [5, 5.41) is 1.22. The minimum Gasteiger partial charge on any atom is -0.408 e. The SMILES string of the molecule is CC(=O)c1ccc([Si](C)(C)OC(C)(C)C)cc1. The van der Waals surface area contributed by atoms with Gasteiger partial charge in [0.05, 0.1) is 0 Å². The summed E-state index contributed by atoms with van der Waals surface area (Å²) in [7, 11) is -1.88. The maximum Gasteiger partial charge on any atom is 0.218 e. The Bertz CT molecular complexity index is 399. The van der Waals surface area contributed by atoms with E-state index >= 15 is 0 Å². The number of ketones is 1. The van der Waals surface area contributed by atoms with Crippen molar-refractivity contribution in [2.75, 3.05) is 0 Å². The van der Waals surface area contributed by atoms with Crippen molar-refractivity contribution in [2.24, 2.45) is 0 Å². The molecule has 0 N–H and O–H groups in total. The molecule has 1 aromatic carbocycles. The van der Waals surface area contributed by atoms with Crippen LogP contribution in [0.15, 0.2) is 24.3 Å². The summed E-state index contributed by atoms with van der Waals surface area (Å²) in [5.41, 5.74) is 0.629. The minimum absolute atomic E-state index is 0.104. The fourth-order valence-electron chi connectivity index (χ4n) is 1.93. The average molecular weight is 250 g/mol. The zero-order chi connectivity index (χ0) is 13.3. The summed E-state index contributed by atoms with van der Waals surface area (Å²) in [4.78, 5) is 11.2. The molecule has 17 heavy (non-hydrogen) atoms. The maximum atomic E-state index is 11.2. The molecular formula is C14H22O2Si. The number of hydrogen-bond acceptors (Lipinski definition) is 2. The molecule has 0 amide bonds. The molecular weight excluding hydrogens is 228 g/mol. The van der Waals surface area contributed by atoms with E-state index in [2.05, 4.69) is 33.9 Å². The van der Waals surface area contributed by atoms with Gasteiger partial charge in [-0.15, -0.1) is 0 Å². The third kappa shape index (κ3) is 4.09. The molecule has 0 aliphatic rings. The molecule has 1 aromatic rings. The van der Waals surface area contributed by atoms with E-state index in [1.807, 2.05) is 24.3 Å². The molecule has 0 atom stereocenters. The van der Waals surface area contributed by atoms with Crippen LogP contribution in [0.4, 0.5) is 0 Å². The Morgan fingerprint density at radius 3 is 1.94 bits per heavy atom. The van der Waals surface area contributed by atoms with Crippen LogP contribution < -0.4 is 5.19 Å². The third-order valence-electron chi connectivity index (χ3n) is 2.55. The lowest BCUT2D eigenvalue weighted by Gasteiger charge is -2.32. The van der Waals surface area contributed by atoms with Crippen molar-refractivity contribution in [3.8, 4) is 0 Å². The molecule has 0 aliphatic carbocycles. The molecule has 0 radical (unpaired) electrons. The van der Waals surface area contributed by atoms with Crippen molar-refractivity contribution >= 4 is 19.3 Å². The normalized spacial score (nSPS) is 12.6. The Morgan fingerprint density at radius 1 is 1.12 bits per heavy atom. The lowest BCUT2D eigenvalue weighted by atomic mass is 10.2. The number of rotatable bonds is 3. The Hall–Kier alpha value is -0.933. The van der Waals surface area contributed by atoms with E-state index in [0.717, 1.165) is 5.56 Å². The number of hydrogen-bond donors (Lipinski definition) is 0. The zero-order valence-corrected chi connectivity index (χ0v) is 12.6. The second kappa shape index (κ2) is 4.74. The van der Waals surface area contributed by atoms with Crippen LogP contribution in [0.5, 0.6) is 0 Å². The average Bonchev–Trinajstić information content (AvgIpc) is 2.14. The first-order valence-electron chi connectivity index (χ1n) is 5.93. The van der Waals surface area contributed by atoms with Gasteiger partial charge in [-0.25, -0.2) is 0 Å². The van der Waals surface area contributed by atoms with Gasteiger partial charge >= 0.3 is 0 Å². The molecule has 0 spiro atoms. The largest absolute Gasteiger partial charge is 0.408 e. The van der Waals surface area contributed by atoms with Gasteiger partial charge in [0, 0.05) is 11.2 Å². The predicted octanol–water partition coefficient (Wildman–Crippen LogP) is 3.12. The summed E-state index contributed by atoms with van der Waals surface area (Å²) >= 11 is 0. The van der Waals surface area contributed by atoms with E-state index in [0.29, 0.717) is 0 Å². The van der Waals surface area contributed by atoms with Gasteiger partial charge in [0.2, 0.25) is 8.32 Å². The lowest BCUT2D eigenvalue weighted by Crippen LogP contribution is -2.49. The first-order chi connectivity index (χ1) is 7.62. The summed E-state index contributed by atoms with van der Waals surface area (Å²) in [6, 6.07) is 7.82. The Labute approximate surface area is 105 Å². The third-order valence-corrected chi connectivity index (χ3v) is 5.39. The maximum absolute atomic E-state index is 11.2. The Kier molecular flexibility index (Phi) is 3.94. The van der Waals surface area contributed by atoms with Crippen molar-refractivity contribution in [1.82, 2.24) is 0 Å². The first kappa shape index (κ1) is 14.1. The molecule has 0 fully saturated rings. The van der Waals surface area contributed by atoms with Crippen LogP contribution in [0.2, 0.25) is 13.1 Å². The second-order valence-electron chi connectivity index (χ2n) is 5.86.